The summed E-state index contributed by atoms with van der Waals surface area (Å²) in [6.07, 6.45) is 4.17. The molecular formula is C15H23N3O3S. The van der Waals surface area contributed by atoms with Crippen molar-refractivity contribution < 1.29 is 14.3 Å². The molecule has 2 rings (SSSR count). The first-order valence-electron chi connectivity index (χ1n) is 7.25. The van der Waals surface area contributed by atoms with Crippen molar-refractivity contribution in [1.29, 1.82) is 0 Å². The second-order valence-corrected chi connectivity index (χ2v) is 5.96. The van der Waals surface area contributed by atoms with Gasteiger partial charge in [-0.2, -0.15) is 0 Å². The largest absolute Gasteiger partial charge is 0.493 e. The van der Waals surface area contributed by atoms with E-state index in [2.05, 4.69) is 21.2 Å². The average molecular weight is 325 g/mol. The molecule has 1 saturated heterocycles. The van der Waals surface area contributed by atoms with E-state index in [4.69, 9.17) is 9.47 Å². The molecule has 0 aliphatic carbocycles. The van der Waals surface area contributed by atoms with E-state index in [1.165, 1.54) is 0 Å². The van der Waals surface area contributed by atoms with Gasteiger partial charge in [-0.15, -0.1) is 0 Å². The van der Waals surface area contributed by atoms with E-state index in [9.17, 15) is 4.79 Å². The second kappa shape index (κ2) is 8.14. The lowest BCUT2D eigenvalue weighted by Gasteiger charge is -2.31. The highest BCUT2D eigenvalue weighted by Gasteiger charge is 2.20. The third-order valence-corrected chi connectivity index (χ3v) is 4.47. The molecule has 6 nitrogen and oxygen atoms in total. The van der Waals surface area contributed by atoms with Gasteiger partial charge < -0.3 is 20.1 Å². The Hall–Kier alpha value is -1.60. The third-order valence-electron chi connectivity index (χ3n) is 3.62. The summed E-state index contributed by atoms with van der Waals surface area (Å²) < 4.78 is 12.7. The average Bonchev–Trinajstić information content (AvgIpc) is 2.54. The molecule has 7 heteroatoms. The van der Waals surface area contributed by atoms with E-state index >= 15 is 0 Å². The Morgan fingerprint density at radius 2 is 2.09 bits per heavy atom. The number of amides is 2. The quantitative estimate of drug-likeness (QED) is 0.815. The van der Waals surface area contributed by atoms with Crippen molar-refractivity contribution in [1.82, 2.24) is 9.62 Å². The van der Waals surface area contributed by atoms with Gasteiger partial charge in [0.25, 0.3) is 0 Å². The smallest absolute Gasteiger partial charge is 0.319 e. The van der Waals surface area contributed by atoms with E-state index in [0.29, 0.717) is 17.2 Å². The highest BCUT2D eigenvalue weighted by molar-refractivity contribution is 7.96. The van der Waals surface area contributed by atoms with Crippen LogP contribution in [0.3, 0.4) is 0 Å². The summed E-state index contributed by atoms with van der Waals surface area (Å²) in [6.45, 7) is 1.96. The Kier molecular flexibility index (Phi) is 6.21. The van der Waals surface area contributed by atoms with Crippen LogP contribution in [0.2, 0.25) is 0 Å². The van der Waals surface area contributed by atoms with Crippen molar-refractivity contribution in [3.8, 4) is 11.5 Å². The number of urea groups is 1. The molecule has 1 unspecified atom stereocenters. The lowest BCUT2D eigenvalue weighted by Crippen LogP contribution is -2.46. The molecular weight excluding hydrogens is 302 g/mol. The number of piperidine rings is 1. The molecule has 2 N–H and O–H groups in total. The predicted molar refractivity (Wildman–Crippen MR) is 89.8 cm³/mol. The summed E-state index contributed by atoms with van der Waals surface area (Å²) in [6, 6.07) is 5.29. The standard InChI is InChI=1S/C15H23N3O3S/c1-20-13-7-6-11(9-14(13)21-2)16-15(19)17-12-5-4-8-18(10-12)22-3/h6-7,9,12H,4-5,8,10H2,1-3H3,(H2,16,17,19). The van der Waals surface area contributed by atoms with Crippen LogP contribution in [0.1, 0.15) is 12.8 Å². The van der Waals surface area contributed by atoms with E-state index in [1.54, 1.807) is 44.4 Å². The Morgan fingerprint density at radius 3 is 2.77 bits per heavy atom. The molecule has 0 bridgehead atoms. The minimum Gasteiger partial charge on any atom is -0.493 e. The molecule has 0 radical (unpaired) electrons. The number of rotatable bonds is 5. The van der Waals surface area contributed by atoms with Crippen molar-refractivity contribution in [2.45, 2.75) is 18.9 Å². The number of methoxy groups -OCH3 is 2. The molecule has 122 valence electrons. The summed E-state index contributed by atoms with van der Waals surface area (Å²) in [5.41, 5.74) is 0.674. The van der Waals surface area contributed by atoms with Gasteiger partial charge in [0.15, 0.2) is 11.5 Å². The fourth-order valence-electron chi connectivity index (χ4n) is 2.49. The van der Waals surface area contributed by atoms with Gasteiger partial charge in [-0.05, 0) is 31.2 Å². The highest BCUT2D eigenvalue weighted by Crippen LogP contribution is 2.29. The van der Waals surface area contributed by atoms with Crippen molar-refractivity contribution in [3.63, 3.8) is 0 Å². The summed E-state index contributed by atoms with van der Waals surface area (Å²) in [7, 11) is 3.15. The van der Waals surface area contributed by atoms with Crippen molar-refractivity contribution in [2.24, 2.45) is 0 Å². The lowest BCUT2D eigenvalue weighted by molar-refractivity contribution is 0.239. The molecule has 22 heavy (non-hydrogen) atoms. The molecule has 0 spiro atoms. The monoisotopic (exact) mass is 325 g/mol. The molecule has 1 fully saturated rings. The summed E-state index contributed by atoms with van der Waals surface area (Å²) in [4.78, 5) is 12.1. The van der Waals surface area contributed by atoms with E-state index < -0.39 is 0 Å². The van der Waals surface area contributed by atoms with Crippen LogP contribution >= 0.6 is 11.9 Å². The van der Waals surface area contributed by atoms with Crippen LogP contribution in [0.4, 0.5) is 10.5 Å². The minimum absolute atomic E-state index is 0.182. The summed E-state index contributed by atoms with van der Waals surface area (Å²) in [5.74, 6) is 1.22. The SMILES string of the molecule is COc1ccc(NC(=O)NC2CCCN(SC)C2)cc1OC. The van der Waals surface area contributed by atoms with Gasteiger partial charge >= 0.3 is 6.03 Å². The van der Waals surface area contributed by atoms with Gasteiger partial charge in [0.2, 0.25) is 0 Å². The zero-order chi connectivity index (χ0) is 15.9. The zero-order valence-corrected chi connectivity index (χ0v) is 14.0. The molecule has 1 aromatic rings. The molecule has 1 aromatic carbocycles. The minimum atomic E-state index is -0.194. The fourth-order valence-corrected chi connectivity index (χ4v) is 3.13. The van der Waals surface area contributed by atoms with Crippen LogP contribution in [0.5, 0.6) is 11.5 Å². The summed E-state index contributed by atoms with van der Waals surface area (Å²) >= 11 is 1.72. The lowest BCUT2D eigenvalue weighted by atomic mass is 10.1. The number of ether oxygens (including phenoxy) is 2. The Bertz CT molecular complexity index is 513. The molecule has 2 amide bonds. The third kappa shape index (κ3) is 4.45. The van der Waals surface area contributed by atoms with Gasteiger partial charge in [-0.1, -0.05) is 11.9 Å². The zero-order valence-electron chi connectivity index (χ0n) is 13.2. The number of anilines is 1. The van der Waals surface area contributed by atoms with Crippen LogP contribution in [-0.4, -0.2) is 49.9 Å². The number of hydrogen-bond acceptors (Lipinski definition) is 5. The summed E-state index contributed by atoms with van der Waals surface area (Å²) in [5, 5.41) is 5.86. The maximum absolute atomic E-state index is 12.1. The molecule has 0 saturated carbocycles. The molecule has 1 aliphatic heterocycles. The van der Waals surface area contributed by atoms with Crippen molar-refractivity contribution in [3.05, 3.63) is 18.2 Å². The maximum Gasteiger partial charge on any atom is 0.319 e. The van der Waals surface area contributed by atoms with E-state index in [-0.39, 0.29) is 12.1 Å². The van der Waals surface area contributed by atoms with E-state index in [0.717, 1.165) is 25.9 Å². The van der Waals surface area contributed by atoms with Gasteiger partial charge in [-0.3, -0.25) is 0 Å². The number of hydrogen-bond donors (Lipinski definition) is 2. The van der Waals surface area contributed by atoms with Gasteiger partial charge in [0.1, 0.15) is 0 Å². The number of nitrogens with one attached hydrogen (secondary N) is 2. The highest BCUT2D eigenvalue weighted by atomic mass is 32.2. The molecule has 1 aliphatic rings. The first-order chi connectivity index (χ1) is 10.7. The van der Waals surface area contributed by atoms with Crippen LogP contribution in [0, 0.1) is 0 Å². The first-order valence-corrected chi connectivity index (χ1v) is 8.43. The van der Waals surface area contributed by atoms with Crippen LogP contribution in [0.15, 0.2) is 18.2 Å². The first kappa shape index (κ1) is 16.8. The Morgan fingerprint density at radius 1 is 1.32 bits per heavy atom. The van der Waals surface area contributed by atoms with Gasteiger partial charge in [0.05, 0.1) is 14.2 Å². The van der Waals surface area contributed by atoms with Crippen molar-refractivity contribution in [2.75, 3.05) is 38.9 Å². The number of nitrogens with zero attached hydrogens (tertiary/aromatic N) is 1. The fraction of sp³-hybridized carbons (Fsp3) is 0.533. The van der Waals surface area contributed by atoms with Crippen LogP contribution < -0.4 is 20.1 Å². The predicted octanol–water partition coefficient (Wildman–Crippen LogP) is 2.57. The molecule has 1 atom stereocenters. The number of carbonyl (C=O) groups is 1. The molecule has 0 aromatic heterocycles. The Labute approximate surface area is 135 Å². The maximum atomic E-state index is 12.1. The van der Waals surface area contributed by atoms with Crippen LogP contribution in [-0.2, 0) is 0 Å². The topological polar surface area (TPSA) is 62.8 Å². The molecule has 1 heterocycles. The van der Waals surface area contributed by atoms with Gasteiger partial charge in [-0.25, -0.2) is 9.10 Å². The second-order valence-electron chi connectivity index (χ2n) is 5.08. The normalized spacial score (nSPS) is 18.6. The Balaban J connectivity index is 1.91. The number of benzene rings is 1. The number of carbonyl (C=O) groups excluding carboxylic acids is 1. The van der Waals surface area contributed by atoms with E-state index in [1.807, 2.05) is 0 Å². The van der Waals surface area contributed by atoms with Crippen LogP contribution in [0.25, 0.3) is 0 Å². The van der Waals surface area contributed by atoms with Gasteiger partial charge in [0, 0.05) is 30.9 Å². The van der Waals surface area contributed by atoms with Crippen molar-refractivity contribution >= 4 is 23.7 Å².